The minimum Gasteiger partial charge on any atom is -0.398 e. The normalized spacial score (nSPS) is 12.0. The predicted molar refractivity (Wildman–Crippen MR) is 58.7 cm³/mol. The predicted octanol–water partition coefficient (Wildman–Crippen LogP) is 2.44. The van der Waals surface area contributed by atoms with Crippen molar-refractivity contribution < 1.29 is 13.2 Å². The zero-order valence-corrected chi connectivity index (χ0v) is 8.85. The summed E-state index contributed by atoms with van der Waals surface area (Å²) in [6.07, 6.45) is -4.56. The average molecular weight is 242 g/mol. The number of anilines is 1. The van der Waals surface area contributed by atoms with E-state index in [2.05, 4.69) is 4.98 Å². The van der Waals surface area contributed by atoms with Crippen molar-refractivity contribution >= 4 is 16.6 Å². The largest absolute Gasteiger partial charge is 0.417 e. The highest BCUT2D eigenvalue weighted by Crippen LogP contribution is 2.34. The molecule has 1 heterocycles. The summed E-state index contributed by atoms with van der Waals surface area (Å²) in [5.74, 6) is 0. The Bertz CT molecular complexity index is 643. The Hall–Kier alpha value is -1.98. The molecule has 2 aromatic rings. The standard InChI is InChI=1S/C11H9F3N2O/c1-5-8(15)3-2-6-7(11(12,13)14)4-9(17)16-10(5)6/h2-4H,15H2,1H3,(H,16,17). The van der Waals surface area contributed by atoms with Gasteiger partial charge in [0.2, 0.25) is 5.56 Å². The molecule has 0 spiro atoms. The van der Waals surface area contributed by atoms with Crippen molar-refractivity contribution in [1.82, 2.24) is 4.98 Å². The molecule has 0 radical (unpaired) electrons. The Labute approximate surface area is 94.1 Å². The summed E-state index contributed by atoms with van der Waals surface area (Å²) >= 11 is 0. The molecule has 17 heavy (non-hydrogen) atoms. The van der Waals surface area contributed by atoms with Crippen LogP contribution < -0.4 is 11.3 Å². The number of pyridine rings is 1. The maximum atomic E-state index is 12.7. The Morgan fingerprint density at radius 3 is 2.53 bits per heavy atom. The molecule has 90 valence electrons. The second-order valence-electron chi connectivity index (χ2n) is 3.75. The average Bonchev–Trinajstić information content (AvgIpc) is 2.22. The van der Waals surface area contributed by atoms with Crippen LogP contribution in [0.5, 0.6) is 0 Å². The molecule has 1 aromatic carbocycles. The summed E-state index contributed by atoms with van der Waals surface area (Å²) in [5.41, 5.74) is 4.76. The summed E-state index contributed by atoms with van der Waals surface area (Å²) in [5, 5.41) is -0.0520. The molecule has 3 nitrogen and oxygen atoms in total. The van der Waals surface area contributed by atoms with Gasteiger partial charge >= 0.3 is 6.18 Å². The van der Waals surface area contributed by atoms with E-state index in [1.807, 2.05) is 0 Å². The third-order valence-corrected chi connectivity index (χ3v) is 2.63. The van der Waals surface area contributed by atoms with Gasteiger partial charge in [-0.15, -0.1) is 0 Å². The Morgan fingerprint density at radius 1 is 1.29 bits per heavy atom. The molecule has 1 aromatic heterocycles. The highest BCUT2D eigenvalue weighted by atomic mass is 19.4. The zero-order valence-electron chi connectivity index (χ0n) is 8.85. The zero-order chi connectivity index (χ0) is 12.8. The lowest BCUT2D eigenvalue weighted by Crippen LogP contribution is -2.14. The number of aromatic amines is 1. The molecule has 0 bridgehead atoms. The van der Waals surface area contributed by atoms with Crippen molar-refractivity contribution in [1.29, 1.82) is 0 Å². The van der Waals surface area contributed by atoms with Gasteiger partial charge in [0.1, 0.15) is 0 Å². The summed E-state index contributed by atoms with van der Waals surface area (Å²) < 4.78 is 38.2. The topological polar surface area (TPSA) is 58.9 Å². The lowest BCUT2D eigenvalue weighted by Gasteiger charge is -2.12. The number of rotatable bonds is 0. The summed E-state index contributed by atoms with van der Waals surface area (Å²) in [6, 6.07) is 3.21. The van der Waals surface area contributed by atoms with E-state index >= 15 is 0 Å². The summed E-state index contributed by atoms with van der Waals surface area (Å²) in [6.45, 7) is 1.56. The number of fused-ring (bicyclic) bond motifs is 1. The molecule has 0 saturated carbocycles. The van der Waals surface area contributed by atoms with Crippen LogP contribution in [0, 0.1) is 6.92 Å². The SMILES string of the molecule is Cc1c(N)ccc2c(C(F)(F)F)cc(=O)[nH]c12. The fraction of sp³-hybridized carbons (Fsp3) is 0.182. The molecule has 0 amide bonds. The number of hydrogen-bond acceptors (Lipinski definition) is 2. The molecule has 0 aliphatic carbocycles. The monoisotopic (exact) mass is 242 g/mol. The van der Waals surface area contributed by atoms with E-state index in [9.17, 15) is 18.0 Å². The van der Waals surface area contributed by atoms with Crippen molar-refractivity contribution in [3.8, 4) is 0 Å². The first-order valence-corrected chi connectivity index (χ1v) is 4.80. The molecule has 6 heteroatoms. The fourth-order valence-corrected chi connectivity index (χ4v) is 1.72. The number of halogens is 3. The third kappa shape index (κ3) is 1.86. The van der Waals surface area contributed by atoms with E-state index in [4.69, 9.17) is 5.73 Å². The Kier molecular flexibility index (Phi) is 2.38. The third-order valence-electron chi connectivity index (χ3n) is 2.63. The number of aryl methyl sites for hydroxylation is 1. The molecule has 0 unspecified atom stereocenters. The fourth-order valence-electron chi connectivity index (χ4n) is 1.72. The van der Waals surface area contributed by atoms with Crippen molar-refractivity contribution in [2.45, 2.75) is 13.1 Å². The highest BCUT2D eigenvalue weighted by Gasteiger charge is 2.33. The van der Waals surface area contributed by atoms with Crippen LogP contribution in [0.15, 0.2) is 23.0 Å². The van der Waals surface area contributed by atoms with E-state index in [1.54, 1.807) is 6.92 Å². The lowest BCUT2D eigenvalue weighted by atomic mass is 10.0. The van der Waals surface area contributed by atoms with Gasteiger partial charge in [-0.2, -0.15) is 13.2 Å². The number of alkyl halides is 3. The van der Waals surface area contributed by atoms with Gasteiger partial charge in [-0.1, -0.05) is 6.07 Å². The molecule has 2 rings (SSSR count). The number of nitrogens with two attached hydrogens (primary N) is 1. The minimum atomic E-state index is -4.56. The first-order chi connectivity index (χ1) is 7.80. The van der Waals surface area contributed by atoms with Crippen LogP contribution in [0.2, 0.25) is 0 Å². The molecule has 0 atom stereocenters. The van der Waals surface area contributed by atoms with E-state index in [1.165, 1.54) is 12.1 Å². The van der Waals surface area contributed by atoms with Gasteiger partial charge in [0, 0.05) is 17.1 Å². The van der Waals surface area contributed by atoms with Crippen LogP contribution in [-0.4, -0.2) is 4.98 Å². The van der Waals surface area contributed by atoms with Crippen LogP contribution >= 0.6 is 0 Å². The van der Waals surface area contributed by atoms with Crippen LogP contribution in [0.4, 0.5) is 18.9 Å². The van der Waals surface area contributed by atoms with Crippen LogP contribution in [0.1, 0.15) is 11.1 Å². The van der Waals surface area contributed by atoms with Crippen molar-refractivity contribution in [3.05, 3.63) is 39.7 Å². The Morgan fingerprint density at radius 2 is 1.94 bits per heavy atom. The number of benzene rings is 1. The molecule has 0 aliphatic rings. The van der Waals surface area contributed by atoms with Gasteiger partial charge in [-0.3, -0.25) is 4.79 Å². The lowest BCUT2D eigenvalue weighted by molar-refractivity contribution is -0.136. The number of hydrogen-bond donors (Lipinski definition) is 2. The van der Waals surface area contributed by atoms with Gasteiger partial charge in [0.15, 0.2) is 0 Å². The number of H-pyrrole nitrogens is 1. The molecule has 0 fully saturated rings. The quantitative estimate of drug-likeness (QED) is 0.697. The smallest absolute Gasteiger partial charge is 0.398 e. The molecular weight excluding hydrogens is 233 g/mol. The van der Waals surface area contributed by atoms with Crippen molar-refractivity contribution in [3.63, 3.8) is 0 Å². The maximum Gasteiger partial charge on any atom is 0.417 e. The maximum absolute atomic E-state index is 12.7. The number of nitrogen functional groups attached to an aromatic ring is 1. The van der Waals surface area contributed by atoms with Gasteiger partial charge in [0.05, 0.1) is 11.1 Å². The molecular formula is C11H9F3N2O. The summed E-state index contributed by atoms with van der Waals surface area (Å²) in [7, 11) is 0. The van der Waals surface area contributed by atoms with E-state index in [-0.39, 0.29) is 10.9 Å². The van der Waals surface area contributed by atoms with Gasteiger partial charge < -0.3 is 10.7 Å². The summed E-state index contributed by atoms with van der Waals surface area (Å²) in [4.78, 5) is 13.6. The minimum absolute atomic E-state index is 0.0520. The number of aromatic nitrogens is 1. The Balaban J connectivity index is 2.97. The second-order valence-corrected chi connectivity index (χ2v) is 3.75. The molecule has 0 aliphatic heterocycles. The van der Waals surface area contributed by atoms with Crippen molar-refractivity contribution in [2.24, 2.45) is 0 Å². The van der Waals surface area contributed by atoms with Crippen molar-refractivity contribution in [2.75, 3.05) is 5.73 Å². The van der Waals surface area contributed by atoms with Crippen LogP contribution in [-0.2, 0) is 6.18 Å². The van der Waals surface area contributed by atoms with Crippen LogP contribution in [0.3, 0.4) is 0 Å². The van der Waals surface area contributed by atoms with Gasteiger partial charge in [-0.25, -0.2) is 0 Å². The van der Waals surface area contributed by atoms with E-state index < -0.39 is 17.3 Å². The van der Waals surface area contributed by atoms with E-state index in [0.29, 0.717) is 17.3 Å². The number of nitrogens with one attached hydrogen (secondary N) is 1. The molecule has 3 N–H and O–H groups in total. The van der Waals surface area contributed by atoms with Gasteiger partial charge in [0.25, 0.3) is 0 Å². The van der Waals surface area contributed by atoms with Crippen LogP contribution in [0.25, 0.3) is 10.9 Å². The second kappa shape index (κ2) is 3.51. The van der Waals surface area contributed by atoms with E-state index in [0.717, 1.165) is 0 Å². The molecule has 0 saturated heterocycles. The first-order valence-electron chi connectivity index (χ1n) is 4.80. The highest BCUT2D eigenvalue weighted by molar-refractivity contribution is 5.88. The van der Waals surface area contributed by atoms with Gasteiger partial charge in [-0.05, 0) is 18.6 Å². The first kappa shape index (κ1) is 11.5.